The fourth-order valence-corrected chi connectivity index (χ4v) is 3.19. The lowest BCUT2D eigenvalue weighted by atomic mass is 10.2. The van der Waals surface area contributed by atoms with Crippen molar-refractivity contribution >= 4 is 11.9 Å². The van der Waals surface area contributed by atoms with Gasteiger partial charge in [-0.2, -0.15) is 0 Å². The number of ether oxygens (including phenoxy) is 1. The van der Waals surface area contributed by atoms with Gasteiger partial charge >= 0.3 is 0 Å². The summed E-state index contributed by atoms with van der Waals surface area (Å²) < 4.78 is 19.1. The minimum atomic E-state index is -0.366. The van der Waals surface area contributed by atoms with Crippen molar-refractivity contribution in [2.24, 2.45) is 4.99 Å². The van der Waals surface area contributed by atoms with E-state index in [0.717, 1.165) is 18.5 Å². The van der Waals surface area contributed by atoms with Gasteiger partial charge in [0, 0.05) is 57.0 Å². The first kappa shape index (κ1) is 20.6. The quantitative estimate of drug-likeness (QED) is 0.577. The van der Waals surface area contributed by atoms with E-state index in [-0.39, 0.29) is 17.8 Å². The molecule has 3 rings (SSSR count). The molecule has 0 bridgehead atoms. The van der Waals surface area contributed by atoms with Crippen molar-refractivity contribution in [1.82, 2.24) is 20.5 Å². The van der Waals surface area contributed by atoms with Crippen LogP contribution in [0.25, 0.3) is 0 Å². The summed E-state index contributed by atoms with van der Waals surface area (Å²) >= 11 is 0. The summed E-state index contributed by atoms with van der Waals surface area (Å²) in [6.07, 6.45) is 3.03. The van der Waals surface area contributed by atoms with E-state index in [9.17, 15) is 9.18 Å². The van der Waals surface area contributed by atoms with Crippen LogP contribution in [-0.2, 0) is 11.3 Å². The summed E-state index contributed by atoms with van der Waals surface area (Å²) in [4.78, 5) is 22.2. The van der Waals surface area contributed by atoms with E-state index >= 15 is 0 Å². The third-order valence-electron chi connectivity index (χ3n) is 4.71. The second-order valence-corrected chi connectivity index (χ2v) is 6.78. The number of halogens is 1. The molecular formula is C21H26FN5O2. The van der Waals surface area contributed by atoms with E-state index in [2.05, 4.69) is 20.6 Å². The number of nitrogens with zero attached hydrogens (tertiary/aromatic N) is 3. The molecule has 0 spiro atoms. The molecule has 29 heavy (non-hydrogen) atoms. The number of nitrogens with one attached hydrogen (secondary N) is 2. The minimum Gasteiger partial charge on any atom is -0.439 e. The van der Waals surface area contributed by atoms with Crippen molar-refractivity contribution in [3.8, 4) is 11.6 Å². The fraction of sp³-hybridized carbons (Fsp3) is 0.381. The van der Waals surface area contributed by atoms with Crippen molar-refractivity contribution in [2.75, 3.05) is 20.1 Å². The van der Waals surface area contributed by atoms with Gasteiger partial charge in [0.1, 0.15) is 11.6 Å². The fourth-order valence-electron chi connectivity index (χ4n) is 3.19. The molecule has 1 aromatic heterocycles. The Kier molecular flexibility index (Phi) is 6.99. The van der Waals surface area contributed by atoms with E-state index in [1.807, 2.05) is 24.0 Å². The lowest BCUT2D eigenvalue weighted by Gasteiger charge is -2.19. The number of carbonyl (C=O) groups excluding carboxylic acids is 1. The first-order valence-electron chi connectivity index (χ1n) is 9.71. The Bertz CT molecular complexity index is 874. The second kappa shape index (κ2) is 9.86. The first-order chi connectivity index (χ1) is 14.1. The highest BCUT2D eigenvalue weighted by molar-refractivity contribution is 5.80. The van der Waals surface area contributed by atoms with E-state index in [4.69, 9.17) is 4.74 Å². The predicted octanol–water partition coefficient (Wildman–Crippen LogP) is 2.69. The SMILES string of the molecule is CCC(=O)N1CCC(NC(=NC)NCc2cccnc2Oc2cccc(F)c2)C1. The summed E-state index contributed by atoms with van der Waals surface area (Å²) in [6, 6.07) is 9.81. The molecule has 154 valence electrons. The zero-order chi connectivity index (χ0) is 20.6. The van der Waals surface area contributed by atoms with Gasteiger partial charge in [-0.1, -0.05) is 19.1 Å². The molecule has 2 N–H and O–H groups in total. The zero-order valence-electron chi connectivity index (χ0n) is 16.7. The highest BCUT2D eigenvalue weighted by Gasteiger charge is 2.25. The predicted molar refractivity (Wildman–Crippen MR) is 109 cm³/mol. The molecular weight excluding hydrogens is 373 g/mol. The number of guanidine groups is 1. The highest BCUT2D eigenvalue weighted by Crippen LogP contribution is 2.23. The zero-order valence-corrected chi connectivity index (χ0v) is 16.7. The maximum atomic E-state index is 13.4. The molecule has 1 unspecified atom stereocenters. The number of aromatic nitrogens is 1. The molecule has 1 fully saturated rings. The molecule has 1 aliphatic rings. The number of pyridine rings is 1. The lowest BCUT2D eigenvalue weighted by Crippen LogP contribution is -2.44. The van der Waals surface area contributed by atoms with Gasteiger partial charge in [-0.25, -0.2) is 9.37 Å². The van der Waals surface area contributed by atoms with E-state index in [1.54, 1.807) is 25.4 Å². The van der Waals surface area contributed by atoms with Crippen LogP contribution in [0.3, 0.4) is 0 Å². The van der Waals surface area contributed by atoms with Crippen LogP contribution < -0.4 is 15.4 Å². The number of amides is 1. The van der Waals surface area contributed by atoms with Crippen molar-refractivity contribution in [3.05, 3.63) is 54.0 Å². The second-order valence-electron chi connectivity index (χ2n) is 6.78. The van der Waals surface area contributed by atoms with Crippen LogP contribution in [-0.4, -0.2) is 47.9 Å². The van der Waals surface area contributed by atoms with Crippen LogP contribution in [0.15, 0.2) is 47.6 Å². The maximum absolute atomic E-state index is 13.4. The standard InChI is InChI=1S/C21H26FN5O2/c1-3-19(28)27-11-9-17(14-27)26-21(23-2)25-13-15-6-5-10-24-20(15)29-18-8-4-7-16(22)12-18/h4-8,10,12,17H,3,9,11,13-14H2,1-2H3,(H2,23,25,26). The van der Waals surface area contributed by atoms with Crippen LogP contribution in [0, 0.1) is 5.82 Å². The number of likely N-dealkylation sites (tertiary alicyclic amines) is 1. The van der Waals surface area contributed by atoms with Gasteiger partial charge in [0.05, 0.1) is 0 Å². The number of rotatable bonds is 6. The van der Waals surface area contributed by atoms with E-state index < -0.39 is 0 Å². The Labute approximate surface area is 170 Å². The van der Waals surface area contributed by atoms with Crippen LogP contribution in [0.4, 0.5) is 4.39 Å². The Morgan fingerprint density at radius 2 is 2.24 bits per heavy atom. The number of aliphatic imine (C=N–C) groups is 1. The third kappa shape index (κ3) is 5.66. The number of hydrogen-bond donors (Lipinski definition) is 2. The smallest absolute Gasteiger partial charge is 0.224 e. The molecule has 1 aromatic carbocycles. The summed E-state index contributed by atoms with van der Waals surface area (Å²) in [5.41, 5.74) is 0.814. The topological polar surface area (TPSA) is 78.9 Å². The molecule has 1 amide bonds. The van der Waals surface area contributed by atoms with Gasteiger partial charge < -0.3 is 20.3 Å². The Hall–Kier alpha value is -3.16. The number of carbonyl (C=O) groups is 1. The highest BCUT2D eigenvalue weighted by atomic mass is 19.1. The van der Waals surface area contributed by atoms with Gasteiger partial charge in [0.15, 0.2) is 5.96 Å². The first-order valence-corrected chi connectivity index (χ1v) is 9.71. The molecule has 1 saturated heterocycles. The van der Waals surface area contributed by atoms with Crippen molar-refractivity contribution in [1.29, 1.82) is 0 Å². The number of benzene rings is 1. The summed E-state index contributed by atoms with van der Waals surface area (Å²) in [5.74, 6) is 1.24. The molecule has 7 nitrogen and oxygen atoms in total. The summed E-state index contributed by atoms with van der Waals surface area (Å²) in [6.45, 7) is 3.74. The molecule has 2 heterocycles. The molecule has 0 radical (unpaired) electrons. The van der Waals surface area contributed by atoms with Gasteiger partial charge in [-0.05, 0) is 24.6 Å². The van der Waals surface area contributed by atoms with Crippen molar-refractivity contribution in [3.63, 3.8) is 0 Å². The van der Waals surface area contributed by atoms with Crippen LogP contribution in [0.5, 0.6) is 11.6 Å². The Morgan fingerprint density at radius 1 is 1.38 bits per heavy atom. The maximum Gasteiger partial charge on any atom is 0.224 e. The van der Waals surface area contributed by atoms with Crippen molar-refractivity contribution in [2.45, 2.75) is 32.4 Å². The van der Waals surface area contributed by atoms with E-state index in [0.29, 0.717) is 37.1 Å². The molecule has 0 saturated carbocycles. The molecule has 0 aliphatic carbocycles. The Morgan fingerprint density at radius 3 is 3.00 bits per heavy atom. The molecule has 8 heteroatoms. The van der Waals surface area contributed by atoms with Gasteiger partial charge in [-0.3, -0.25) is 9.79 Å². The molecule has 2 aromatic rings. The summed E-state index contributed by atoms with van der Waals surface area (Å²) in [7, 11) is 1.70. The van der Waals surface area contributed by atoms with Gasteiger partial charge in [-0.15, -0.1) is 0 Å². The molecule has 1 aliphatic heterocycles. The van der Waals surface area contributed by atoms with Gasteiger partial charge in [0.2, 0.25) is 11.8 Å². The average molecular weight is 399 g/mol. The largest absolute Gasteiger partial charge is 0.439 e. The van der Waals surface area contributed by atoms with Gasteiger partial charge in [0.25, 0.3) is 0 Å². The van der Waals surface area contributed by atoms with E-state index in [1.165, 1.54) is 12.1 Å². The normalized spacial score (nSPS) is 16.6. The van der Waals surface area contributed by atoms with Crippen LogP contribution >= 0.6 is 0 Å². The minimum absolute atomic E-state index is 0.161. The monoisotopic (exact) mass is 399 g/mol. The molecule has 1 atom stereocenters. The number of hydrogen-bond acceptors (Lipinski definition) is 4. The van der Waals surface area contributed by atoms with Crippen molar-refractivity contribution < 1.29 is 13.9 Å². The Balaban J connectivity index is 1.58. The lowest BCUT2D eigenvalue weighted by molar-refractivity contribution is -0.129. The third-order valence-corrected chi connectivity index (χ3v) is 4.71. The van der Waals surface area contributed by atoms with Crippen LogP contribution in [0.2, 0.25) is 0 Å². The van der Waals surface area contributed by atoms with Crippen LogP contribution in [0.1, 0.15) is 25.3 Å². The summed E-state index contributed by atoms with van der Waals surface area (Å²) in [5, 5.41) is 6.61. The average Bonchev–Trinajstić information content (AvgIpc) is 3.20.